The van der Waals surface area contributed by atoms with Crippen LogP contribution in [0.15, 0.2) is 29.9 Å². The summed E-state index contributed by atoms with van der Waals surface area (Å²) in [7, 11) is 0. The summed E-state index contributed by atoms with van der Waals surface area (Å²) in [5.41, 5.74) is 2.90. The average molecular weight is 352 g/mol. The number of nitro benzene ring substituents is 1. The Bertz CT molecular complexity index is 634. The van der Waals surface area contributed by atoms with Gasteiger partial charge in [-0.1, -0.05) is 6.08 Å². The Labute approximate surface area is 145 Å². The van der Waals surface area contributed by atoms with Crippen LogP contribution in [0.4, 0.5) is 5.69 Å². The summed E-state index contributed by atoms with van der Waals surface area (Å²) in [4.78, 5) is 10.8. The first-order valence-electron chi connectivity index (χ1n) is 7.29. The van der Waals surface area contributed by atoms with Crippen LogP contribution in [0.3, 0.4) is 0 Å². The van der Waals surface area contributed by atoms with Crippen molar-refractivity contribution < 1.29 is 14.4 Å². The van der Waals surface area contributed by atoms with Gasteiger partial charge in [0.15, 0.2) is 10.9 Å². The zero-order valence-corrected chi connectivity index (χ0v) is 14.4. The minimum Gasteiger partial charge on any atom is -0.490 e. The van der Waals surface area contributed by atoms with Crippen LogP contribution in [0.5, 0.6) is 11.5 Å². The summed E-state index contributed by atoms with van der Waals surface area (Å²) in [6.07, 6.45) is 3.06. The lowest BCUT2D eigenvalue weighted by Gasteiger charge is -2.11. The van der Waals surface area contributed by atoms with Gasteiger partial charge in [-0.2, -0.15) is 5.10 Å². The number of hydrazone groups is 1. The van der Waals surface area contributed by atoms with Crippen LogP contribution >= 0.6 is 12.2 Å². The first-order chi connectivity index (χ1) is 11.5. The molecule has 0 aliphatic carbocycles. The van der Waals surface area contributed by atoms with Crippen LogP contribution in [-0.4, -0.2) is 36.0 Å². The van der Waals surface area contributed by atoms with Gasteiger partial charge in [0.05, 0.1) is 24.4 Å². The molecule has 1 aromatic carbocycles. The minimum absolute atomic E-state index is 0.109. The molecule has 0 unspecified atom stereocenters. The van der Waals surface area contributed by atoms with Crippen LogP contribution in [-0.2, 0) is 0 Å². The largest absolute Gasteiger partial charge is 0.490 e. The third-order valence-electron chi connectivity index (χ3n) is 2.63. The maximum absolute atomic E-state index is 11.3. The molecule has 0 heterocycles. The highest BCUT2D eigenvalue weighted by atomic mass is 32.1. The number of benzene rings is 1. The summed E-state index contributed by atoms with van der Waals surface area (Å²) < 4.78 is 10.8. The Hall–Kier alpha value is -2.68. The first-order valence-corrected chi connectivity index (χ1v) is 7.70. The van der Waals surface area contributed by atoms with E-state index in [1.807, 2.05) is 0 Å². The Morgan fingerprint density at radius 3 is 2.71 bits per heavy atom. The number of nitrogens with zero attached hydrogens (tertiary/aromatic N) is 2. The Balaban J connectivity index is 3.04. The van der Waals surface area contributed by atoms with E-state index in [1.165, 1.54) is 12.3 Å². The molecule has 0 aromatic heterocycles. The van der Waals surface area contributed by atoms with E-state index < -0.39 is 4.92 Å². The molecule has 0 saturated carbocycles. The summed E-state index contributed by atoms with van der Waals surface area (Å²) in [6.45, 7) is 8.24. The molecule has 24 heavy (non-hydrogen) atoms. The molecular formula is C15H20N4O4S. The number of thiocarbonyl (C=S) groups is 1. The number of hydrogen-bond donors (Lipinski definition) is 2. The summed E-state index contributed by atoms with van der Waals surface area (Å²) >= 11 is 4.99. The van der Waals surface area contributed by atoms with E-state index in [0.717, 1.165) is 0 Å². The average Bonchev–Trinajstić information content (AvgIpc) is 2.55. The van der Waals surface area contributed by atoms with Gasteiger partial charge in [0.1, 0.15) is 0 Å². The molecule has 0 saturated heterocycles. The van der Waals surface area contributed by atoms with Crippen molar-refractivity contribution in [3.8, 4) is 11.5 Å². The second-order valence-electron chi connectivity index (χ2n) is 4.36. The molecule has 0 bridgehead atoms. The summed E-state index contributed by atoms with van der Waals surface area (Å²) in [5, 5.41) is 18.4. The van der Waals surface area contributed by atoms with Gasteiger partial charge in [0, 0.05) is 18.2 Å². The molecule has 1 aromatic rings. The highest BCUT2D eigenvalue weighted by Gasteiger charge is 2.22. The number of hydrogen-bond acceptors (Lipinski definition) is 6. The lowest BCUT2D eigenvalue weighted by molar-refractivity contribution is -0.385. The van der Waals surface area contributed by atoms with Gasteiger partial charge in [-0.25, -0.2) is 0 Å². The molecule has 2 N–H and O–H groups in total. The van der Waals surface area contributed by atoms with Crippen LogP contribution in [0, 0.1) is 10.1 Å². The smallest absolute Gasteiger partial charge is 0.315 e. The maximum atomic E-state index is 11.3. The molecule has 0 atom stereocenters. The molecule has 1 rings (SSSR count). The van der Waals surface area contributed by atoms with Gasteiger partial charge in [-0.3, -0.25) is 15.5 Å². The molecule has 0 fully saturated rings. The van der Waals surface area contributed by atoms with E-state index >= 15 is 0 Å². The normalized spacial score (nSPS) is 10.2. The molecular weight excluding hydrogens is 332 g/mol. The SMILES string of the molecule is C=CCNC(=S)N/N=C/c1cc(OCC)c(OCC)c([N+](=O)[O-])c1. The van der Waals surface area contributed by atoms with Crippen molar-refractivity contribution in [2.45, 2.75) is 13.8 Å². The standard InChI is InChI=1S/C15H20N4O4S/c1-4-7-16-15(24)18-17-10-11-8-12(19(20)21)14(23-6-3)13(9-11)22-5-2/h4,8-10H,1,5-7H2,2-3H3,(H2,16,18,24)/b17-10+. The van der Waals surface area contributed by atoms with Gasteiger partial charge >= 0.3 is 5.69 Å². The van der Waals surface area contributed by atoms with Crippen molar-refractivity contribution in [3.05, 3.63) is 40.5 Å². The monoisotopic (exact) mass is 352 g/mol. The van der Waals surface area contributed by atoms with E-state index in [2.05, 4.69) is 22.4 Å². The highest BCUT2D eigenvalue weighted by Crippen LogP contribution is 2.38. The summed E-state index contributed by atoms with van der Waals surface area (Å²) in [6, 6.07) is 2.98. The fourth-order valence-corrected chi connectivity index (χ4v) is 1.88. The molecule has 0 aliphatic rings. The minimum atomic E-state index is -0.519. The second kappa shape index (κ2) is 10.2. The van der Waals surface area contributed by atoms with E-state index in [4.69, 9.17) is 21.7 Å². The molecule has 130 valence electrons. The third kappa shape index (κ3) is 5.84. The van der Waals surface area contributed by atoms with Gasteiger partial charge in [-0.05, 0) is 32.1 Å². The predicted molar refractivity (Wildman–Crippen MR) is 97.0 cm³/mol. The van der Waals surface area contributed by atoms with Crippen molar-refractivity contribution in [1.29, 1.82) is 0 Å². The number of nitrogens with one attached hydrogen (secondary N) is 2. The second-order valence-corrected chi connectivity index (χ2v) is 4.77. The summed E-state index contributed by atoms with van der Waals surface area (Å²) in [5.74, 6) is 0.403. The van der Waals surface area contributed by atoms with E-state index in [9.17, 15) is 10.1 Å². The number of ether oxygens (including phenoxy) is 2. The molecule has 0 amide bonds. The number of nitro groups is 1. The lowest BCUT2D eigenvalue weighted by atomic mass is 10.2. The molecule has 8 nitrogen and oxygen atoms in total. The van der Waals surface area contributed by atoms with Gasteiger partial charge < -0.3 is 14.8 Å². The van der Waals surface area contributed by atoms with Crippen molar-refractivity contribution in [2.75, 3.05) is 19.8 Å². The Morgan fingerprint density at radius 1 is 1.42 bits per heavy atom. The van der Waals surface area contributed by atoms with Crippen molar-refractivity contribution in [3.63, 3.8) is 0 Å². The quantitative estimate of drug-likeness (QED) is 0.231. The van der Waals surface area contributed by atoms with Crippen molar-refractivity contribution in [1.82, 2.24) is 10.7 Å². The topological polar surface area (TPSA) is 98.0 Å². The molecule has 9 heteroatoms. The molecule has 0 radical (unpaired) electrons. The van der Waals surface area contributed by atoms with Crippen LogP contribution < -0.4 is 20.2 Å². The first kappa shape index (κ1) is 19.4. The van der Waals surface area contributed by atoms with Crippen LogP contribution in [0.1, 0.15) is 19.4 Å². The third-order valence-corrected chi connectivity index (χ3v) is 2.87. The fraction of sp³-hybridized carbons (Fsp3) is 0.333. The van der Waals surface area contributed by atoms with Crippen LogP contribution in [0.25, 0.3) is 0 Å². The van der Waals surface area contributed by atoms with Crippen LogP contribution in [0.2, 0.25) is 0 Å². The predicted octanol–water partition coefficient (Wildman–Crippen LogP) is 2.38. The molecule has 0 aliphatic heterocycles. The zero-order valence-electron chi connectivity index (χ0n) is 13.6. The molecule has 0 spiro atoms. The van der Waals surface area contributed by atoms with Crippen molar-refractivity contribution >= 4 is 29.2 Å². The Kier molecular flexibility index (Phi) is 8.20. The maximum Gasteiger partial charge on any atom is 0.315 e. The Morgan fingerprint density at radius 2 is 2.12 bits per heavy atom. The zero-order chi connectivity index (χ0) is 17.9. The fourth-order valence-electron chi connectivity index (χ4n) is 1.74. The van der Waals surface area contributed by atoms with E-state index in [-0.39, 0.29) is 11.4 Å². The van der Waals surface area contributed by atoms with Crippen molar-refractivity contribution in [2.24, 2.45) is 5.10 Å². The van der Waals surface area contributed by atoms with Gasteiger partial charge in [-0.15, -0.1) is 6.58 Å². The van der Waals surface area contributed by atoms with E-state index in [1.54, 1.807) is 26.0 Å². The van der Waals surface area contributed by atoms with E-state index in [0.29, 0.717) is 36.2 Å². The van der Waals surface area contributed by atoms with Gasteiger partial charge in [0.25, 0.3) is 0 Å². The number of rotatable bonds is 9. The highest BCUT2D eigenvalue weighted by molar-refractivity contribution is 7.80. The lowest BCUT2D eigenvalue weighted by Crippen LogP contribution is -2.31. The van der Waals surface area contributed by atoms with Gasteiger partial charge in [0.2, 0.25) is 5.75 Å².